The number of nitrogens with zero attached hydrogens (tertiary/aromatic N) is 1. The lowest BCUT2D eigenvalue weighted by Gasteiger charge is -2.03. The number of rotatable bonds is 1. The first-order chi connectivity index (χ1) is 6.18. The standard InChI is InChI=1S/C9H10N2OS/c1-5(12)7-2-6-3-13-4-8(6)11-9(7)10/h2H,3-4H2,1H3,(H2,10,11). The summed E-state index contributed by atoms with van der Waals surface area (Å²) in [4.78, 5) is 15.4. The lowest BCUT2D eigenvalue weighted by Crippen LogP contribution is -2.05. The summed E-state index contributed by atoms with van der Waals surface area (Å²) >= 11 is 1.80. The van der Waals surface area contributed by atoms with Gasteiger partial charge in [0.15, 0.2) is 5.78 Å². The molecule has 0 bridgehead atoms. The molecule has 0 atom stereocenters. The van der Waals surface area contributed by atoms with Crippen LogP contribution in [0.15, 0.2) is 6.07 Å². The molecule has 0 unspecified atom stereocenters. The van der Waals surface area contributed by atoms with Crippen LogP contribution in [0.2, 0.25) is 0 Å². The van der Waals surface area contributed by atoms with Crippen molar-refractivity contribution in [3.63, 3.8) is 0 Å². The number of aromatic nitrogens is 1. The number of anilines is 1. The second-order valence-corrected chi connectivity index (χ2v) is 4.06. The zero-order valence-electron chi connectivity index (χ0n) is 7.33. The van der Waals surface area contributed by atoms with E-state index < -0.39 is 0 Å². The number of Topliss-reactive ketones (excluding diaryl/α,β-unsaturated/α-hetero) is 1. The van der Waals surface area contributed by atoms with Crippen molar-refractivity contribution in [3.05, 3.63) is 22.9 Å². The quantitative estimate of drug-likeness (QED) is 0.690. The molecule has 0 amide bonds. The van der Waals surface area contributed by atoms with Gasteiger partial charge in [0.1, 0.15) is 5.82 Å². The number of thioether (sulfide) groups is 1. The van der Waals surface area contributed by atoms with Gasteiger partial charge >= 0.3 is 0 Å². The number of hydrogen-bond acceptors (Lipinski definition) is 4. The second kappa shape index (κ2) is 3.03. The lowest BCUT2D eigenvalue weighted by atomic mass is 10.1. The molecule has 1 aromatic heterocycles. The maximum atomic E-state index is 11.1. The Bertz CT molecular complexity index is 376. The van der Waals surface area contributed by atoms with E-state index in [0.717, 1.165) is 22.8 Å². The van der Waals surface area contributed by atoms with Crippen LogP contribution in [-0.2, 0) is 11.5 Å². The highest BCUT2D eigenvalue weighted by Gasteiger charge is 2.16. The summed E-state index contributed by atoms with van der Waals surface area (Å²) < 4.78 is 0. The summed E-state index contributed by atoms with van der Waals surface area (Å²) in [6.45, 7) is 1.52. The van der Waals surface area contributed by atoms with Gasteiger partial charge in [0.25, 0.3) is 0 Å². The zero-order chi connectivity index (χ0) is 9.42. The summed E-state index contributed by atoms with van der Waals surface area (Å²) in [6.07, 6.45) is 0. The third kappa shape index (κ3) is 1.42. The molecule has 13 heavy (non-hydrogen) atoms. The Morgan fingerprint density at radius 1 is 1.62 bits per heavy atom. The van der Waals surface area contributed by atoms with E-state index in [1.54, 1.807) is 11.8 Å². The van der Waals surface area contributed by atoms with E-state index in [4.69, 9.17) is 5.73 Å². The van der Waals surface area contributed by atoms with Crippen molar-refractivity contribution < 1.29 is 4.79 Å². The molecule has 1 aliphatic heterocycles. The van der Waals surface area contributed by atoms with Crippen LogP contribution in [0.1, 0.15) is 28.5 Å². The van der Waals surface area contributed by atoms with Crippen molar-refractivity contribution in [3.8, 4) is 0 Å². The van der Waals surface area contributed by atoms with E-state index in [0.29, 0.717) is 11.4 Å². The molecular weight excluding hydrogens is 184 g/mol. The third-order valence-corrected chi connectivity index (χ3v) is 3.09. The van der Waals surface area contributed by atoms with E-state index in [1.807, 2.05) is 6.07 Å². The van der Waals surface area contributed by atoms with Crippen molar-refractivity contribution in [2.24, 2.45) is 0 Å². The molecule has 2 N–H and O–H groups in total. The summed E-state index contributed by atoms with van der Waals surface area (Å²) in [6, 6.07) is 1.88. The van der Waals surface area contributed by atoms with Crippen molar-refractivity contribution in [1.82, 2.24) is 4.98 Å². The SMILES string of the molecule is CC(=O)c1cc2c(nc1N)CSC2. The van der Waals surface area contributed by atoms with Crippen LogP contribution in [0, 0.1) is 0 Å². The Morgan fingerprint density at radius 3 is 3.08 bits per heavy atom. The van der Waals surface area contributed by atoms with Gasteiger partial charge in [-0.25, -0.2) is 4.98 Å². The maximum absolute atomic E-state index is 11.1. The summed E-state index contributed by atoms with van der Waals surface area (Å²) in [5.74, 6) is 2.22. The lowest BCUT2D eigenvalue weighted by molar-refractivity contribution is 0.101. The normalized spacial score (nSPS) is 14.2. The monoisotopic (exact) mass is 194 g/mol. The van der Waals surface area contributed by atoms with Gasteiger partial charge in [0.2, 0.25) is 0 Å². The van der Waals surface area contributed by atoms with Gasteiger partial charge in [-0.2, -0.15) is 11.8 Å². The topological polar surface area (TPSA) is 56.0 Å². The molecule has 68 valence electrons. The van der Waals surface area contributed by atoms with E-state index in [9.17, 15) is 4.79 Å². The average molecular weight is 194 g/mol. The van der Waals surface area contributed by atoms with Crippen molar-refractivity contribution in [2.75, 3.05) is 5.73 Å². The fourth-order valence-electron chi connectivity index (χ4n) is 1.40. The smallest absolute Gasteiger partial charge is 0.163 e. The number of nitrogen functional groups attached to an aromatic ring is 1. The van der Waals surface area contributed by atoms with Crippen LogP contribution in [0.25, 0.3) is 0 Å². The van der Waals surface area contributed by atoms with Crippen LogP contribution >= 0.6 is 11.8 Å². The molecule has 4 heteroatoms. The van der Waals surface area contributed by atoms with Crippen LogP contribution in [0.3, 0.4) is 0 Å². The minimum atomic E-state index is -0.00954. The number of carbonyl (C=O) groups is 1. The second-order valence-electron chi connectivity index (χ2n) is 3.08. The van der Waals surface area contributed by atoms with Crippen molar-refractivity contribution in [2.45, 2.75) is 18.4 Å². The number of fused-ring (bicyclic) bond motifs is 1. The summed E-state index contributed by atoms with van der Waals surface area (Å²) in [7, 11) is 0. The highest BCUT2D eigenvalue weighted by molar-refractivity contribution is 7.98. The number of nitrogens with two attached hydrogens (primary N) is 1. The third-order valence-electron chi connectivity index (χ3n) is 2.10. The minimum Gasteiger partial charge on any atom is -0.383 e. The van der Waals surface area contributed by atoms with E-state index in [1.165, 1.54) is 6.92 Å². The van der Waals surface area contributed by atoms with Crippen molar-refractivity contribution >= 4 is 23.4 Å². The van der Waals surface area contributed by atoms with Gasteiger partial charge in [-0.3, -0.25) is 4.79 Å². The largest absolute Gasteiger partial charge is 0.383 e. The number of carbonyl (C=O) groups excluding carboxylic acids is 1. The Morgan fingerprint density at radius 2 is 2.38 bits per heavy atom. The Balaban J connectivity index is 2.55. The average Bonchev–Trinajstić information content (AvgIpc) is 2.48. The fraction of sp³-hybridized carbons (Fsp3) is 0.333. The molecular formula is C9H10N2OS. The van der Waals surface area contributed by atoms with Gasteiger partial charge in [-0.15, -0.1) is 0 Å². The molecule has 0 saturated carbocycles. The molecule has 0 spiro atoms. The molecule has 0 fully saturated rings. The molecule has 0 saturated heterocycles. The Kier molecular flexibility index (Phi) is 2.00. The number of ketones is 1. The van der Waals surface area contributed by atoms with Crippen LogP contribution < -0.4 is 5.73 Å². The van der Waals surface area contributed by atoms with E-state index in [2.05, 4.69) is 4.98 Å². The molecule has 2 rings (SSSR count). The predicted octanol–water partition coefficient (Wildman–Crippen LogP) is 1.61. The molecule has 1 aromatic rings. The summed E-state index contributed by atoms with van der Waals surface area (Å²) in [5, 5.41) is 0. The summed E-state index contributed by atoms with van der Waals surface area (Å²) in [5.41, 5.74) is 8.40. The first-order valence-corrected chi connectivity index (χ1v) is 5.21. The highest BCUT2D eigenvalue weighted by Crippen LogP contribution is 2.30. The molecule has 0 radical (unpaired) electrons. The highest BCUT2D eigenvalue weighted by atomic mass is 32.2. The van der Waals surface area contributed by atoms with Crippen molar-refractivity contribution in [1.29, 1.82) is 0 Å². The predicted molar refractivity (Wildman–Crippen MR) is 53.7 cm³/mol. The zero-order valence-corrected chi connectivity index (χ0v) is 8.15. The van der Waals surface area contributed by atoms with Gasteiger partial charge in [0, 0.05) is 11.5 Å². The van der Waals surface area contributed by atoms with Gasteiger partial charge in [0.05, 0.1) is 11.3 Å². The van der Waals surface area contributed by atoms with E-state index >= 15 is 0 Å². The van der Waals surface area contributed by atoms with Crippen LogP contribution in [-0.4, -0.2) is 10.8 Å². The van der Waals surface area contributed by atoms with Gasteiger partial charge < -0.3 is 5.73 Å². The molecule has 1 aliphatic rings. The van der Waals surface area contributed by atoms with Crippen LogP contribution in [0.5, 0.6) is 0 Å². The van der Waals surface area contributed by atoms with E-state index in [-0.39, 0.29) is 5.78 Å². The molecule has 0 aliphatic carbocycles. The Hall–Kier alpha value is -1.03. The molecule has 2 heterocycles. The molecule has 3 nitrogen and oxygen atoms in total. The van der Waals surface area contributed by atoms with Gasteiger partial charge in [-0.1, -0.05) is 0 Å². The first kappa shape index (κ1) is 8.56. The first-order valence-electron chi connectivity index (χ1n) is 4.05. The minimum absolute atomic E-state index is 0.00954. The fourth-order valence-corrected chi connectivity index (χ4v) is 2.41. The van der Waals surface area contributed by atoms with Gasteiger partial charge in [-0.05, 0) is 18.6 Å². The maximum Gasteiger partial charge on any atom is 0.163 e. The number of hydrogen-bond donors (Lipinski definition) is 1. The number of pyridine rings is 1. The van der Waals surface area contributed by atoms with Crippen LogP contribution in [0.4, 0.5) is 5.82 Å². The molecule has 0 aromatic carbocycles. The Labute approximate surface area is 80.7 Å².